The van der Waals surface area contributed by atoms with E-state index in [2.05, 4.69) is 31.0 Å². The predicted molar refractivity (Wildman–Crippen MR) is 73.6 cm³/mol. The molecule has 1 rings (SSSR count). The Morgan fingerprint density at radius 3 is 2.50 bits per heavy atom. The molecule has 1 aliphatic rings. The number of likely N-dealkylation sites (tertiary alicyclic amines) is 1. The van der Waals surface area contributed by atoms with Gasteiger partial charge in [-0.05, 0) is 44.7 Å². The second kappa shape index (κ2) is 7.62. The van der Waals surface area contributed by atoms with E-state index in [0.29, 0.717) is 12.5 Å². The summed E-state index contributed by atoms with van der Waals surface area (Å²) >= 11 is 0. The number of carbonyl (C=O) groups excluding carboxylic acids is 1. The van der Waals surface area contributed by atoms with Crippen LogP contribution in [0.4, 0.5) is 4.79 Å². The summed E-state index contributed by atoms with van der Waals surface area (Å²) in [5.74, 6) is 1.27. The third-order valence-corrected chi connectivity index (χ3v) is 3.71. The smallest absolute Gasteiger partial charge is 0.407 e. The summed E-state index contributed by atoms with van der Waals surface area (Å²) in [5.41, 5.74) is 0. The van der Waals surface area contributed by atoms with Gasteiger partial charge in [-0.15, -0.1) is 0 Å². The first-order valence-corrected chi connectivity index (χ1v) is 7.18. The molecule has 0 aromatic rings. The average Bonchev–Trinajstić information content (AvgIpc) is 2.31. The quantitative estimate of drug-likeness (QED) is 0.821. The number of nitrogens with zero attached hydrogens (tertiary/aromatic N) is 1. The highest BCUT2D eigenvalue weighted by Crippen LogP contribution is 2.17. The van der Waals surface area contributed by atoms with Crippen LogP contribution in [0.5, 0.6) is 0 Å². The molecule has 4 heteroatoms. The van der Waals surface area contributed by atoms with Crippen molar-refractivity contribution in [1.29, 1.82) is 0 Å². The standard InChI is InChI=1S/C14H28N2O2/c1-5-18-14(17)15-13(11(2)3)10-16-8-6-12(4)7-9-16/h11-13H,5-10H2,1-4H3,(H,15,17)/t13-/m1/s1. The normalized spacial score (nSPS) is 19.8. The van der Waals surface area contributed by atoms with Crippen LogP contribution >= 0.6 is 0 Å². The monoisotopic (exact) mass is 256 g/mol. The number of piperidine rings is 1. The molecule has 0 radical (unpaired) electrons. The molecule has 4 nitrogen and oxygen atoms in total. The minimum Gasteiger partial charge on any atom is -0.450 e. The van der Waals surface area contributed by atoms with Crippen molar-refractivity contribution in [2.45, 2.75) is 46.6 Å². The Kier molecular flexibility index (Phi) is 6.47. The highest BCUT2D eigenvalue weighted by Gasteiger charge is 2.22. The van der Waals surface area contributed by atoms with Gasteiger partial charge < -0.3 is 15.0 Å². The second-order valence-corrected chi connectivity index (χ2v) is 5.70. The van der Waals surface area contributed by atoms with Crippen molar-refractivity contribution >= 4 is 6.09 Å². The molecule has 1 atom stereocenters. The van der Waals surface area contributed by atoms with E-state index in [0.717, 1.165) is 25.6 Å². The van der Waals surface area contributed by atoms with Gasteiger partial charge >= 0.3 is 6.09 Å². The lowest BCUT2D eigenvalue weighted by Crippen LogP contribution is -2.48. The van der Waals surface area contributed by atoms with Crippen LogP contribution in [-0.2, 0) is 4.74 Å². The van der Waals surface area contributed by atoms with Gasteiger partial charge in [-0.1, -0.05) is 20.8 Å². The van der Waals surface area contributed by atoms with Gasteiger partial charge in [0.2, 0.25) is 0 Å². The van der Waals surface area contributed by atoms with Gasteiger partial charge in [-0.25, -0.2) is 4.79 Å². The Morgan fingerprint density at radius 1 is 1.39 bits per heavy atom. The summed E-state index contributed by atoms with van der Waals surface area (Å²) < 4.78 is 4.96. The molecule has 0 aromatic carbocycles. The van der Waals surface area contributed by atoms with E-state index in [1.165, 1.54) is 12.8 Å². The number of carbonyl (C=O) groups is 1. The lowest BCUT2D eigenvalue weighted by Gasteiger charge is -2.34. The molecular weight excluding hydrogens is 228 g/mol. The largest absolute Gasteiger partial charge is 0.450 e. The topological polar surface area (TPSA) is 41.6 Å². The fourth-order valence-corrected chi connectivity index (χ4v) is 2.27. The van der Waals surface area contributed by atoms with Crippen LogP contribution in [0.2, 0.25) is 0 Å². The van der Waals surface area contributed by atoms with E-state index < -0.39 is 0 Å². The van der Waals surface area contributed by atoms with Gasteiger partial charge in [0.25, 0.3) is 0 Å². The van der Waals surface area contributed by atoms with Gasteiger partial charge in [0, 0.05) is 12.6 Å². The fourth-order valence-electron chi connectivity index (χ4n) is 2.27. The van der Waals surface area contributed by atoms with Crippen LogP contribution in [-0.4, -0.2) is 43.3 Å². The van der Waals surface area contributed by atoms with Crippen molar-refractivity contribution in [2.75, 3.05) is 26.2 Å². The summed E-state index contributed by atoms with van der Waals surface area (Å²) in [7, 11) is 0. The van der Waals surface area contributed by atoms with E-state index >= 15 is 0 Å². The van der Waals surface area contributed by atoms with E-state index in [1.807, 2.05) is 6.92 Å². The molecule has 1 heterocycles. The van der Waals surface area contributed by atoms with Gasteiger partial charge in [0.1, 0.15) is 0 Å². The van der Waals surface area contributed by atoms with Crippen LogP contribution in [0.1, 0.15) is 40.5 Å². The van der Waals surface area contributed by atoms with Gasteiger partial charge in [0.15, 0.2) is 0 Å². The minimum absolute atomic E-state index is 0.178. The van der Waals surface area contributed by atoms with E-state index in [-0.39, 0.29) is 12.1 Å². The van der Waals surface area contributed by atoms with E-state index in [1.54, 1.807) is 0 Å². The molecule has 1 N–H and O–H groups in total. The van der Waals surface area contributed by atoms with Crippen molar-refractivity contribution in [3.05, 3.63) is 0 Å². The van der Waals surface area contributed by atoms with Crippen LogP contribution in [0, 0.1) is 11.8 Å². The fraction of sp³-hybridized carbons (Fsp3) is 0.929. The van der Waals surface area contributed by atoms with Crippen molar-refractivity contribution in [3.8, 4) is 0 Å². The Balaban J connectivity index is 2.40. The number of nitrogens with one attached hydrogen (secondary N) is 1. The molecule has 0 aromatic heterocycles. The van der Waals surface area contributed by atoms with Crippen LogP contribution in [0.3, 0.4) is 0 Å². The summed E-state index contributed by atoms with van der Waals surface area (Å²) in [6.07, 6.45) is 2.25. The Bertz CT molecular complexity index is 248. The molecule has 1 aliphatic heterocycles. The third-order valence-electron chi connectivity index (χ3n) is 3.71. The van der Waals surface area contributed by atoms with Gasteiger partial charge in [0.05, 0.1) is 6.61 Å². The molecule has 1 amide bonds. The Labute approximate surface area is 111 Å². The average molecular weight is 256 g/mol. The first-order valence-electron chi connectivity index (χ1n) is 7.18. The zero-order valence-corrected chi connectivity index (χ0v) is 12.2. The third kappa shape index (κ3) is 5.25. The Hall–Kier alpha value is -0.770. The molecule has 0 spiro atoms. The molecule has 18 heavy (non-hydrogen) atoms. The van der Waals surface area contributed by atoms with Crippen molar-refractivity contribution < 1.29 is 9.53 Å². The van der Waals surface area contributed by atoms with Crippen LogP contribution in [0.15, 0.2) is 0 Å². The summed E-state index contributed by atoms with van der Waals surface area (Å²) in [6, 6.07) is 0.178. The van der Waals surface area contributed by atoms with Gasteiger partial charge in [-0.2, -0.15) is 0 Å². The first-order chi connectivity index (χ1) is 8.52. The summed E-state index contributed by atoms with van der Waals surface area (Å²) in [4.78, 5) is 14.0. The molecule has 1 saturated heterocycles. The predicted octanol–water partition coefficient (Wildman–Crippen LogP) is 2.49. The lowest BCUT2D eigenvalue weighted by atomic mass is 9.97. The zero-order chi connectivity index (χ0) is 13.5. The minimum atomic E-state index is -0.290. The molecule has 1 fully saturated rings. The second-order valence-electron chi connectivity index (χ2n) is 5.70. The summed E-state index contributed by atoms with van der Waals surface area (Å²) in [6.45, 7) is 12.1. The Morgan fingerprint density at radius 2 is 2.00 bits per heavy atom. The zero-order valence-electron chi connectivity index (χ0n) is 12.2. The maximum absolute atomic E-state index is 11.5. The maximum Gasteiger partial charge on any atom is 0.407 e. The molecule has 0 unspecified atom stereocenters. The molecule has 106 valence electrons. The number of hydrogen-bond donors (Lipinski definition) is 1. The molecule has 0 saturated carbocycles. The SMILES string of the molecule is CCOC(=O)N[C@H](CN1CCC(C)CC1)C(C)C. The first kappa shape index (κ1) is 15.3. The number of rotatable bonds is 5. The molecular formula is C14H28N2O2. The molecule has 0 aliphatic carbocycles. The van der Waals surface area contributed by atoms with Crippen molar-refractivity contribution in [1.82, 2.24) is 10.2 Å². The van der Waals surface area contributed by atoms with Crippen LogP contribution in [0.25, 0.3) is 0 Å². The van der Waals surface area contributed by atoms with E-state index in [9.17, 15) is 4.79 Å². The maximum atomic E-state index is 11.5. The summed E-state index contributed by atoms with van der Waals surface area (Å²) in [5, 5.41) is 2.97. The van der Waals surface area contributed by atoms with Crippen LogP contribution < -0.4 is 5.32 Å². The molecule has 0 bridgehead atoms. The number of hydrogen-bond acceptors (Lipinski definition) is 3. The highest BCUT2D eigenvalue weighted by atomic mass is 16.5. The lowest BCUT2D eigenvalue weighted by molar-refractivity contribution is 0.129. The van der Waals surface area contributed by atoms with Crippen molar-refractivity contribution in [2.24, 2.45) is 11.8 Å². The number of amides is 1. The highest BCUT2D eigenvalue weighted by molar-refractivity contribution is 5.67. The van der Waals surface area contributed by atoms with Gasteiger partial charge in [-0.3, -0.25) is 0 Å². The number of alkyl carbamates (subject to hydrolysis) is 1. The van der Waals surface area contributed by atoms with Crippen molar-refractivity contribution in [3.63, 3.8) is 0 Å². The van der Waals surface area contributed by atoms with E-state index in [4.69, 9.17) is 4.74 Å². The number of ether oxygens (including phenoxy) is 1.